The molecule has 0 saturated carbocycles. The van der Waals surface area contributed by atoms with Gasteiger partial charge in [0.1, 0.15) is 24.9 Å². The number of amides is 1. The second-order valence-corrected chi connectivity index (χ2v) is 6.79. The van der Waals surface area contributed by atoms with Crippen LogP contribution in [0.2, 0.25) is 0 Å². The summed E-state index contributed by atoms with van der Waals surface area (Å²) in [7, 11) is 0. The molecule has 0 aliphatic heterocycles. The number of benzene rings is 1. The molecule has 0 saturated heterocycles. The molecule has 0 heterocycles. The maximum Gasteiger partial charge on any atom is 0.434 e. The Balaban J connectivity index is 2.63. The second kappa shape index (κ2) is 11.4. The van der Waals surface area contributed by atoms with E-state index in [1.54, 1.807) is 27.7 Å². The highest BCUT2D eigenvalue weighted by atomic mass is 16.7. The van der Waals surface area contributed by atoms with E-state index in [9.17, 15) is 9.90 Å². The van der Waals surface area contributed by atoms with Gasteiger partial charge in [0.15, 0.2) is 0 Å². The number of hydrogen-bond acceptors (Lipinski definition) is 7. The van der Waals surface area contributed by atoms with Gasteiger partial charge in [-0.05, 0) is 33.3 Å². The van der Waals surface area contributed by atoms with Gasteiger partial charge in [-0.15, -0.1) is 0 Å². The van der Waals surface area contributed by atoms with E-state index in [1.807, 2.05) is 37.3 Å². The summed E-state index contributed by atoms with van der Waals surface area (Å²) >= 11 is 0. The maximum absolute atomic E-state index is 12.4. The first-order chi connectivity index (χ1) is 12.7. The van der Waals surface area contributed by atoms with E-state index in [2.05, 4.69) is 5.16 Å². The van der Waals surface area contributed by atoms with Crippen molar-refractivity contribution in [3.63, 3.8) is 0 Å². The Bertz CT molecular complexity index is 586. The van der Waals surface area contributed by atoms with Crippen LogP contribution in [0.1, 0.15) is 40.2 Å². The number of oxime groups is 1. The molecule has 0 fully saturated rings. The van der Waals surface area contributed by atoms with Crippen molar-refractivity contribution in [1.29, 1.82) is 0 Å². The number of hydroxylamine groups is 2. The predicted octanol–water partition coefficient (Wildman–Crippen LogP) is 3.10. The van der Waals surface area contributed by atoms with Crippen molar-refractivity contribution in [2.24, 2.45) is 5.16 Å². The molecule has 0 aliphatic rings. The molecular weight excluding hydrogens is 352 g/mol. The lowest BCUT2D eigenvalue weighted by molar-refractivity contribution is -0.172. The van der Waals surface area contributed by atoms with Crippen LogP contribution < -0.4 is 0 Å². The van der Waals surface area contributed by atoms with Gasteiger partial charge in [-0.25, -0.2) is 4.79 Å². The van der Waals surface area contributed by atoms with Gasteiger partial charge >= 0.3 is 6.09 Å². The molecule has 1 N–H and O–H groups in total. The number of nitrogens with zero attached hydrogens (tertiary/aromatic N) is 2. The summed E-state index contributed by atoms with van der Waals surface area (Å²) in [5, 5.41) is 14.9. The molecule has 152 valence electrons. The summed E-state index contributed by atoms with van der Waals surface area (Å²) in [4.78, 5) is 22.9. The van der Waals surface area contributed by atoms with Gasteiger partial charge in [0.2, 0.25) is 5.90 Å². The Hall–Kier alpha value is -2.32. The minimum atomic E-state index is -1.02. The van der Waals surface area contributed by atoms with E-state index >= 15 is 0 Å². The summed E-state index contributed by atoms with van der Waals surface area (Å²) < 4.78 is 10.4. The molecule has 8 nitrogen and oxygen atoms in total. The first-order valence-electron chi connectivity index (χ1n) is 8.86. The summed E-state index contributed by atoms with van der Waals surface area (Å²) in [5.74, 6) is 0.356. The number of hydrogen-bond donors (Lipinski definition) is 1. The molecule has 1 atom stereocenters. The van der Waals surface area contributed by atoms with Gasteiger partial charge in [-0.2, -0.15) is 5.06 Å². The molecule has 1 rings (SSSR count). The molecule has 1 unspecified atom stereocenters. The van der Waals surface area contributed by atoms with Crippen molar-refractivity contribution in [1.82, 2.24) is 5.06 Å². The fourth-order valence-electron chi connectivity index (χ4n) is 1.91. The summed E-state index contributed by atoms with van der Waals surface area (Å²) in [6, 6.07) is 9.38. The first-order valence-corrected chi connectivity index (χ1v) is 8.86. The fraction of sp³-hybridized carbons (Fsp3) is 0.579. The third kappa shape index (κ3) is 10.4. The number of aliphatic hydroxyl groups excluding tert-OH is 1. The highest BCUT2D eigenvalue weighted by Gasteiger charge is 2.25. The molecule has 1 amide bonds. The van der Waals surface area contributed by atoms with Crippen molar-refractivity contribution in [3.05, 3.63) is 35.9 Å². The highest BCUT2D eigenvalue weighted by Crippen LogP contribution is 2.12. The van der Waals surface area contributed by atoms with E-state index in [4.69, 9.17) is 19.1 Å². The molecule has 1 aromatic rings. The SMILES string of the molecule is CCOC(C)=NOCC(O)CN(OCc1ccccc1)C(=O)OC(C)(C)C. The molecule has 0 aromatic heterocycles. The summed E-state index contributed by atoms with van der Waals surface area (Å²) in [6.07, 6.45) is -1.71. The lowest BCUT2D eigenvalue weighted by Crippen LogP contribution is -2.42. The van der Waals surface area contributed by atoms with Crippen LogP contribution in [-0.4, -0.2) is 53.6 Å². The summed E-state index contributed by atoms with van der Waals surface area (Å²) in [5.41, 5.74) is 0.194. The Morgan fingerprint density at radius 1 is 1.26 bits per heavy atom. The average Bonchev–Trinajstić information content (AvgIpc) is 2.58. The largest absolute Gasteiger partial charge is 0.479 e. The molecule has 0 radical (unpaired) electrons. The van der Waals surface area contributed by atoms with Crippen molar-refractivity contribution in [2.45, 2.75) is 52.9 Å². The lowest BCUT2D eigenvalue weighted by atomic mass is 10.2. The van der Waals surface area contributed by atoms with E-state index in [1.165, 1.54) is 0 Å². The van der Waals surface area contributed by atoms with Crippen molar-refractivity contribution < 1.29 is 29.0 Å². The summed E-state index contributed by atoms with van der Waals surface area (Å²) in [6.45, 7) is 9.11. The Morgan fingerprint density at radius 3 is 2.52 bits per heavy atom. The van der Waals surface area contributed by atoms with E-state index in [-0.39, 0.29) is 19.8 Å². The molecule has 8 heteroatoms. The van der Waals surface area contributed by atoms with Crippen LogP contribution in [0.4, 0.5) is 4.79 Å². The molecule has 0 aliphatic carbocycles. The van der Waals surface area contributed by atoms with Crippen LogP contribution in [-0.2, 0) is 25.8 Å². The molecule has 1 aromatic carbocycles. The smallest absolute Gasteiger partial charge is 0.434 e. The number of aliphatic hydroxyl groups is 1. The average molecular weight is 382 g/mol. The number of ether oxygens (including phenoxy) is 2. The Kier molecular flexibility index (Phi) is 9.60. The number of rotatable bonds is 9. The standard InChI is InChI=1S/C19H30N2O6/c1-6-24-15(2)20-25-14-17(22)12-21(18(23)27-19(3,4)5)26-13-16-10-8-7-9-11-16/h7-11,17,22H,6,12-14H2,1-5H3. The van der Waals surface area contributed by atoms with Crippen LogP contribution in [0.5, 0.6) is 0 Å². The zero-order chi connectivity index (χ0) is 20.3. The fourth-order valence-corrected chi connectivity index (χ4v) is 1.91. The molecule has 27 heavy (non-hydrogen) atoms. The zero-order valence-corrected chi connectivity index (χ0v) is 16.7. The second-order valence-electron chi connectivity index (χ2n) is 6.79. The Labute approximate surface area is 160 Å². The van der Waals surface area contributed by atoms with Crippen LogP contribution >= 0.6 is 0 Å². The highest BCUT2D eigenvalue weighted by molar-refractivity contribution is 5.72. The van der Waals surface area contributed by atoms with Crippen molar-refractivity contribution >= 4 is 12.0 Å². The lowest BCUT2D eigenvalue weighted by Gasteiger charge is -2.27. The van der Waals surface area contributed by atoms with Crippen LogP contribution in [0.3, 0.4) is 0 Å². The number of carbonyl (C=O) groups is 1. The third-order valence-electron chi connectivity index (χ3n) is 3.02. The minimum absolute atomic E-state index is 0.127. The quantitative estimate of drug-likeness (QED) is 0.401. The van der Waals surface area contributed by atoms with Crippen molar-refractivity contribution in [2.75, 3.05) is 19.8 Å². The van der Waals surface area contributed by atoms with E-state index in [0.717, 1.165) is 10.6 Å². The third-order valence-corrected chi connectivity index (χ3v) is 3.02. The van der Waals surface area contributed by atoms with Gasteiger partial charge in [0.25, 0.3) is 0 Å². The van der Waals surface area contributed by atoms with E-state index < -0.39 is 17.8 Å². The minimum Gasteiger partial charge on any atom is -0.479 e. The van der Waals surface area contributed by atoms with E-state index in [0.29, 0.717) is 12.5 Å². The topological polar surface area (TPSA) is 89.8 Å². The normalized spacial score (nSPS) is 13.0. The zero-order valence-electron chi connectivity index (χ0n) is 16.7. The number of carbonyl (C=O) groups excluding carboxylic acids is 1. The van der Waals surface area contributed by atoms with Crippen LogP contribution in [0, 0.1) is 0 Å². The molecular formula is C19H30N2O6. The molecule has 0 spiro atoms. The van der Waals surface area contributed by atoms with Gasteiger partial charge in [-0.3, -0.25) is 4.84 Å². The monoisotopic (exact) mass is 382 g/mol. The van der Waals surface area contributed by atoms with Gasteiger partial charge < -0.3 is 19.4 Å². The van der Waals surface area contributed by atoms with Crippen molar-refractivity contribution in [3.8, 4) is 0 Å². The van der Waals surface area contributed by atoms with Gasteiger partial charge in [-0.1, -0.05) is 35.5 Å². The molecule has 0 bridgehead atoms. The maximum atomic E-state index is 12.4. The van der Waals surface area contributed by atoms with Crippen LogP contribution in [0.25, 0.3) is 0 Å². The first kappa shape index (κ1) is 22.7. The van der Waals surface area contributed by atoms with Gasteiger partial charge in [0.05, 0.1) is 13.2 Å². The van der Waals surface area contributed by atoms with Crippen LogP contribution in [0.15, 0.2) is 35.5 Å². The predicted molar refractivity (Wildman–Crippen MR) is 101 cm³/mol. The Morgan fingerprint density at radius 2 is 1.93 bits per heavy atom. The van der Waals surface area contributed by atoms with Gasteiger partial charge in [0, 0.05) is 6.92 Å².